The maximum absolute atomic E-state index is 12.2. The molecule has 0 spiro atoms. The predicted molar refractivity (Wildman–Crippen MR) is 99.8 cm³/mol. The van der Waals surface area contributed by atoms with E-state index in [4.69, 9.17) is 0 Å². The number of benzene rings is 2. The van der Waals surface area contributed by atoms with E-state index in [-0.39, 0.29) is 5.91 Å². The van der Waals surface area contributed by atoms with E-state index >= 15 is 0 Å². The van der Waals surface area contributed by atoms with Crippen LogP contribution in [-0.2, 0) is 11.3 Å². The van der Waals surface area contributed by atoms with Gasteiger partial charge in [-0.2, -0.15) is 0 Å². The van der Waals surface area contributed by atoms with Gasteiger partial charge in [0.2, 0.25) is 5.91 Å². The summed E-state index contributed by atoms with van der Waals surface area (Å²) in [4.78, 5) is 14.3. The van der Waals surface area contributed by atoms with Crippen molar-refractivity contribution in [2.24, 2.45) is 0 Å². The number of carbonyl (C=O) groups is 1. The Morgan fingerprint density at radius 1 is 1.09 bits per heavy atom. The van der Waals surface area contributed by atoms with E-state index in [2.05, 4.69) is 53.3 Å². The van der Waals surface area contributed by atoms with E-state index in [0.717, 1.165) is 22.3 Å². The summed E-state index contributed by atoms with van der Waals surface area (Å²) in [7, 11) is 1.97. The molecule has 0 atom stereocenters. The van der Waals surface area contributed by atoms with Gasteiger partial charge < -0.3 is 5.32 Å². The van der Waals surface area contributed by atoms with Crippen molar-refractivity contribution in [1.29, 1.82) is 0 Å². The first-order valence-corrected chi connectivity index (χ1v) is 8.45. The summed E-state index contributed by atoms with van der Waals surface area (Å²) in [6, 6.07) is 12.3. The minimum atomic E-state index is 0.00249. The molecule has 122 valence electrons. The first-order valence-electron chi connectivity index (χ1n) is 7.66. The van der Waals surface area contributed by atoms with Crippen molar-refractivity contribution in [3.8, 4) is 0 Å². The smallest absolute Gasteiger partial charge is 0.238 e. The fourth-order valence-electron chi connectivity index (χ4n) is 2.57. The first-order chi connectivity index (χ1) is 10.8. The van der Waals surface area contributed by atoms with Gasteiger partial charge in [0.25, 0.3) is 0 Å². The van der Waals surface area contributed by atoms with Crippen LogP contribution in [-0.4, -0.2) is 24.4 Å². The fourth-order valence-corrected chi connectivity index (χ4v) is 3.05. The molecular formula is C19H23BrN2O. The number of likely N-dealkylation sites (N-methyl/N-ethyl adjacent to an activating group) is 1. The third kappa shape index (κ3) is 5.19. The first kappa shape index (κ1) is 17.7. The molecule has 0 aliphatic carbocycles. The topological polar surface area (TPSA) is 32.3 Å². The zero-order valence-corrected chi connectivity index (χ0v) is 15.7. The van der Waals surface area contributed by atoms with Crippen molar-refractivity contribution in [1.82, 2.24) is 4.90 Å². The van der Waals surface area contributed by atoms with Crippen LogP contribution in [0.4, 0.5) is 5.69 Å². The highest BCUT2D eigenvalue weighted by atomic mass is 79.9. The summed E-state index contributed by atoms with van der Waals surface area (Å²) >= 11 is 3.43. The van der Waals surface area contributed by atoms with Crippen LogP contribution in [0.2, 0.25) is 0 Å². The van der Waals surface area contributed by atoms with Gasteiger partial charge >= 0.3 is 0 Å². The average Bonchev–Trinajstić information content (AvgIpc) is 2.45. The van der Waals surface area contributed by atoms with Crippen LogP contribution in [0.5, 0.6) is 0 Å². The molecule has 0 unspecified atom stereocenters. The van der Waals surface area contributed by atoms with Crippen molar-refractivity contribution < 1.29 is 4.79 Å². The maximum Gasteiger partial charge on any atom is 0.238 e. The lowest BCUT2D eigenvalue weighted by atomic mass is 10.1. The Bertz CT molecular complexity index is 713. The van der Waals surface area contributed by atoms with Crippen molar-refractivity contribution in [3.63, 3.8) is 0 Å². The third-order valence-corrected chi connectivity index (χ3v) is 4.31. The number of aryl methyl sites for hydroxylation is 3. The number of rotatable bonds is 5. The Balaban J connectivity index is 1.94. The highest BCUT2D eigenvalue weighted by Crippen LogP contribution is 2.20. The minimum Gasteiger partial charge on any atom is -0.325 e. The van der Waals surface area contributed by atoms with Crippen molar-refractivity contribution in [3.05, 3.63) is 63.1 Å². The van der Waals surface area contributed by atoms with E-state index in [9.17, 15) is 4.79 Å². The quantitative estimate of drug-likeness (QED) is 0.838. The van der Waals surface area contributed by atoms with Crippen LogP contribution in [0.3, 0.4) is 0 Å². The number of amides is 1. The molecule has 2 rings (SSSR count). The molecule has 0 saturated carbocycles. The Labute approximate surface area is 146 Å². The average molecular weight is 375 g/mol. The van der Waals surface area contributed by atoms with Crippen molar-refractivity contribution >= 4 is 27.5 Å². The SMILES string of the molecule is Cc1ccc(CN(C)CC(=O)Nc2ccc(Br)cc2C)c(C)c1. The van der Waals surface area contributed by atoms with Gasteiger partial charge in [0.15, 0.2) is 0 Å². The second kappa shape index (κ2) is 7.75. The minimum absolute atomic E-state index is 0.00249. The summed E-state index contributed by atoms with van der Waals surface area (Å²) in [6.07, 6.45) is 0. The third-order valence-electron chi connectivity index (χ3n) is 3.81. The number of anilines is 1. The number of carbonyl (C=O) groups excluding carboxylic acids is 1. The molecule has 4 heteroatoms. The van der Waals surface area contributed by atoms with Crippen LogP contribution >= 0.6 is 15.9 Å². The molecule has 0 aliphatic rings. The molecule has 0 aromatic heterocycles. The molecule has 0 heterocycles. The van der Waals surface area contributed by atoms with Gasteiger partial charge in [0.1, 0.15) is 0 Å². The molecule has 0 bridgehead atoms. The maximum atomic E-state index is 12.2. The van der Waals surface area contributed by atoms with Crippen molar-refractivity contribution in [2.75, 3.05) is 18.9 Å². The standard InChI is InChI=1S/C19H23BrN2O/c1-13-5-6-16(14(2)9-13)11-22(4)12-19(23)21-18-8-7-17(20)10-15(18)3/h5-10H,11-12H2,1-4H3,(H,21,23). The Hall–Kier alpha value is -1.65. The van der Waals surface area contributed by atoms with E-state index in [0.29, 0.717) is 6.54 Å². The summed E-state index contributed by atoms with van der Waals surface area (Å²) in [5.41, 5.74) is 5.69. The zero-order valence-electron chi connectivity index (χ0n) is 14.1. The molecule has 0 radical (unpaired) electrons. The Morgan fingerprint density at radius 3 is 2.48 bits per heavy atom. The molecule has 0 fully saturated rings. The normalized spacial score (nSPS) is 10.9. The molecule has 1 N–H and O–H groups in total. The number of hydrogen-bond acceptors (Lipinski definition) is 2. The highest BCUT2D eigenvalue weighted by Gasteiger charge is 2.10. The van der Waals surface area contributed by atoms with Crippen molar-refractivity contribution in [2.45, 2.75) is 27.3 Å². The lowest BCUT2D eigenvalue weighted by Crippen LogP contribution is -2.30. The second-order valence-corrected chi connectivity index (χ2v) is 7.03. The van der Waals surface area contributed by atoms with Crippen LogP contribution in [0.15, 0.2) is 40.9 Å². The monoisotopic (exact) mass is 374 g/mol. The zero-order chi connectivity index (χ0) is 17.0. The van der Waals surface area contributed by atoms with E-state index in [1.54, 1.807) is 0 Å². The van der Waals surface area contributed by atoms with Gasteiger partial charge in [-0.3, -0.25) is 9.69 Å². The lowest BCUT2D eigenvalue weighted by molar-refractivity contribution is -0.117. The summed E-state index contributed by atoms with van der Waals surface area (Å²) in [5.74, 6) is 0.00249. The number of halogens is 1. The molecule has 2 aromatic carbocycles. The predicted octanol–water partition coefficient (Wildman–Crippen LogP) is 4.44. The second-order valence-electron chi connectivity index (χ2n) is 6.11. The van der Waals surface area contributed by atoms with E-state index in [1.165, 1.54) is 16.7 Å². The number of nitrogens with one attached hydrogen (secondary N) is 1. The van der Waals surface area contributed by atoms with Crippen LogP contribution in [0.1, 0.15) is 22.3 Å². The molecule has 0 aliphatic heterocycles. The van der Waals surface area contributed by atoms with E-state index in [1.807, 2.05) is 37.1 Å². The fraction of sp³-hybridized carbons (Fsp3) is 0.316. The summed E-state index contributed by atoms with van der Waals surface area (Å²) in [6.45, 7) is 7.32. The van der Waals surface area contributed by atoms with Gasteiger partial charge in [-0.25, -0.2) is 0 Å². The van der Waals surface area contributed by atoms with Gasteiger partial charge in [-0.15, -0.1) is 0 Å². The number of nitrogens with zero attached hydrogens (tertiary/aromatic N) is 1. The van der Waals surface area contributed by atoms with Crippen LogP contribution in [0.25, 0.3) is 0 Å². The van der Waals surface area contributed by atoms with E-state index < -0.39 is 0 Å². The molecule has 2 aromatic rings. The number of hydrogen-bond donors (Lipinski definition) is 1. The molecule has 23 heavy (non-hydrogen) atoms. The molecule has 0 saturated heterocycles. The molecular weight excluding hydrogens is 352 g/mol. The van der Waals surface area contributed by atoms with Gasteiger partial charge in [-0.1, -0.05) is 39.7 Å². The Kier molecular flexibility index (Phi) is 5.97. The van der Waals surface area contributed by atoms with Crippen LogP contribution in [0, 0.1) is 20.8 Å². The summed E-state index contributed by atoms with van der Waals surface area (Å²) < 4.78 is 1.01. The van der Waals surface area contributed by atoms with Crippen LogP contribution < -0.4 is 5.32 Å². The van der Waals surface area contributed by atoms with Gasteiger partial charge in [-0.05, 0) is 62.7 Å². The van der Waals surface area contributed by atoms with Gasteiger partial charge in [0.05, 0.1) is 6.54 Å². The Morgan fingerprint density at radius 2 is 1.83 bits per heavy atom. The largest absolute Gasteiger partial charge is 0.325 e. The molecule has 3 nitrogen and oxygen atoms in total. The lowest BCUT2D eigenvalue weighted by Gasteiger charge is -2.18. The highest BCUT2D eigenvalue weighted by molar-refractivity contribution is 9.10. The van der Waals surface area contributed by atoms with Gasteiger partial charge in [0, 0.05) is 16.7 Å². The summed E-state index contributed by atoms with van der Waals surface area (Å²) in [5, 5.41) is 2.98. The molecule has 1 amide bonds.